The van der Waals surface area contributed by atoms with Crippen molar-refractivity contribution in [3.05, 3.63) is 35.6 Å². The van der Waals surface area contributed by atoms with Crippen LogP contribution >= 0.6 is 0 Å². The number of hydrogen-bond acceptors (Lipinski definition) is 4. The highest BCUT2D eigenvalue weighted by Gasteiger charge is 2.26. The van der Waals surface area contributed by atoms with Crippen molar-refractivity contribution in [2.24, 2.45) is 0 Å². The molecule has 0 bridgehead atoms. The second-order valence-electron chi connectivity index (χ2n) is 7.59. The van der Waals surface area contributed by atoms with E-state index < -0.39 is 0 Å². The summed E-state index contributed by atoms with van der Waals surface area (Å²) >= 11 is 0. The van der Waals surface area contributed by atoms with Gasteiger partial charge in [-0.05, 0) is 38.0 Å². The molecular formula is C20H30FN3O2. The highest BCUT2D eigenvalue weighted by Crippen LogP contribution is 2.13. The van der Waals surface area contributed by atoms with Gasteiger partial charge in [0.25, 0.3) is 0 Å². The van der Waals surface area contributed by atoms with E-state index in [1.165, 1.54) is 12.1 Å². The molecule has 6 heteroatoms. The average Bonchev–Trinajstić information content (AvgIpc) is 2.82. The highest BCUT2D eigenvalue weighted by atomic mass is 19.1. The Morgan fingerprint density at radius 2 is 1.73 bits per heavy atom. The van der Waals surface area contributed by atoms with Crippen LogP contribution in [0.15, 0.2) is 24.3 Å². The maximum absolute atomic E-state index is 13.0. The van der Waals surface area contributed by atoms with Gasteiger partial charge in [-0.25, -0.2) is 4.39 Å². The Kier molecular flexibility index (Phi) is 6.62. The molecule has 2 fully saturated rings. The molecule has 1 aromatic carbocycles. The number of hydrogen-bond donors (Lipinski definition) is 0. The van der Waals surface area contributed by atoms with Crippen LogP contribution in [0, 0.1) is 5.82 Å². The van der Waals surface area contributed by atoms with E-state index in [-0.39, 0.29) is 23.9 Å². The van der Waals surface area contributed by atoms with Crippen LogP contribution in [-0.4, -0.2) is 78.6 Å². The lowest BCUT2D eigenvalue weighted by Gasteiger charge is -2.35. The van der Waals surface area contributed by atoms with Gasteiger partial charge in [-0.15, -0.1) is 0 Å². The molecule has 2 aliphatic rings. The van der Waals surface area contributed by atoms with Crippen LogP contribution in [0.4, 0.5) is 4.39 Å². The molecule has 5 nitrogen and oxygen atoms in total. The molecular weight excluding hydrogens is 333 g/mol. The molecule has 0 spiro atoms. The Hall–Kier alpha value is -1.50. The molecule has 26 heavy (non-hydrogen) atoms. The van der Waals surface area contributed by atoms with Gasteiger partial charge in [0.15, 0.2) is 0 Å². The predicted molar refractivity (Wildman–Crippen MR) is 99.3 cm³/mol. The lowest BCUT2D eigenvalue weighted by molar-refractivity contribution is -0.135. The minimum Gasteiger partial charge on any atom is -0.373 e. The summed E-state index contributed by atoms with van der Waals surface area (Å²) in [5.74, 6) is 0.0167. The number of carbonyl (C=O) groups excluding carboxylic acids is 1. The molecule has 0 N–H and O–H groups in total. The topological polar surface area (TPSA) is 36.0 Å². The molecule has 2 aliphatic heterocycles. The quantitative estimate of drug-likeness (QED) is 0.820. The highest BCUT2D eigenvalue weighted by molar-refractivity contribution is 5.78. The zero-order valence-electron chi connectivity index (χ0n) is 15.9. The van der Waals surface area contributed by atoms with Crippen LogP contribution in [0.5, 0.6) is 0 Å². The molecule has 1 aromatic rings. The van der Waals surface area contributed by atoms with Gasteiger partial charge in [-0.2, -0.15) is 0 Å². The number of halogens is 1. The lowest BCUT2D eigenvalue weighted by atomic mass is 10.2. The summed E-state index contributed by atoms with van der Waals surface area (Å²) in [6.45, 7) is 10.5. The summed E-state index contributed by atoms with van der Waals surface area (Å²) in [5, 5.41) is 0. The first-order valence-electron chi connectivity index (χ1n) is 9.62. The maximum atomic E-state index is 13.0. The molecule has 2 saturated heterocycles. The van der Waals surface area contributed by atoms with Crippen LogP contribution in [0.2, 0.25) is 0 Å². The normalized spacial score (nSPS) is 25.9. The van der Waals surface area contributed by atoms with E-state index in [0.717, 1.165) is 57.8 Å². The maximum Gasteiger partial charge on any atom is 0.236 e. The van der Waals surface area contributed by atoms with Crippen molar-refractivity contribution in [2.45, 2.75) is 39.0 Å². The van der Waals surface area contributed by atoms with Gasteiger partial charge in [0.05, 0.1) is 18.8 Å². The molecule has 144 valence electrons. The van der Waals surface area contributed by atoms with Gasteiger partial charge in [-0.3, -0.25) is 14.6 Å². The van der Waals surface area contributed by atoms with Crippen molar-refractivity contribution in [3.8, 4) is 0 Å². The number of amides is 1. The minimum absolute atomic E-state index is 0.182. The molecule has 0 saturated carbocycles. The summed E-state index contributed by atoms with van der Waals surface area (Å²) < 4.78 is 18.8. The Bertz CT molecular complexity index is 585. The molecule has 2 heterocycles. The third kappa shape index (κ3) is 5.50. The van der Waals surface area contributed by atoms with E-state index in [1.54, 1.807) is 0 Å². The fourth-order valence-corrected chi connectivity index (χ4v) is 3.93. The number of benzene rings is 1. The van der Waals surface area contributed by atoms with Gasteiger partial charge in [0.1, 0.15) is 5.82 Å². The van der Waals surface area contributed by atoms with E-state index in [1.807, 2.05) is 17.0 Å². The Labute approximate surface area is 155 Å². The van der Waals surface area contributed by atoms with E-state index in [0.29, 0.717) is 6.54 Å². The van der Waals surface area contributed by atoms with Crippen LogP contribution in [0.1, 0.15) is 25.8 Å². The fraction of sp³-hybridized carbons (Fsp3) is 0.650. The van der Waals surface area contributed by atoms with Gasteiger partial charge >= 0.3 is 0 Å². The summed E-state index contributed by atoms with van der Waals surface area (Å²) in [6, 6.07) is 6.69. The van der Waals surface area contributed by atoms with Gasteiger partial charge < -0.3 is 9.64 Å². The minimum atomic E-state index is -0.201. The molecule has 0 aromatic heterocycles. The SMILES string of the molecule is C[C@@H]1CN(CC(=O)N2CCCN(Cc3ccc(F)cc3)CC2)C[C@H](C)O1. The largest absolute Gasteiger partial charge is 0.373 e. The molecule has 0 radical (unpaired) electrons. The first kappa shape index (κ1) is 19.3. The number of rotatable bonds is 4. The summed E-state index contributed by atoms with van der Waals surface area (Å²) in [4.78, 5) is 19.3. The van der Waals surface area contributed by atoms with Crippen molar-refractivity contribution in [3.63, 3.8) is 0 Å². The van der Waals surface area contributed by atoms with Crippen molar-refractivity contribution >= 4 is 5.91 Å². The number of nitrogens with zero attached hydrogens (tertiary/aromatic N) is 3. The Morgan fingerprint density at radius 1 is 1.04 bits per heavy atom. The molecule has 1 amide bonds. The Balaban J connectivity index is 1.48. The fourth-order valence-electron chi connectivity index (χ4n) is 3.93. The number of morpholine rings is 1. The van der Waals surface area contributed by atoms with Gasteiger partial charge in [0, 0.05) is 45.8 Å². The first-order chi connectivity index (χ1) is 12.5. The van der Waals surface area contributed by atoms with Crippen molar-refractivity contribution < 1.29 is 13.9 Å². The molecule has 2 atom stereocenters. The standard InChI is InChI=1S/C20H30FN3O2/c1-16-12-23(13-17(2)26-16)15-20(25)24-9-3-8-22(10-11-24)14-18-4-6-19(21)7-5-18/h4-7,16-17H,3,8-15H2,1-2H3/t16-,17+. The van der Waals surface area contributed by atoms with Crippen LogP contribution in [0.3, 0.4) is 0 Å². The second-order valence-corrected chi connectivity index (χ2v) is 7.59. The Morgan fingerprint density at radius 3 is 2.42 bits per heavy atom. The van der Waals surface area contributed by atoms with E-state index >= 15 is 0 Å². The van der Waals surface area contributed by atoms with E-state index in [4.69, 9.17) is 4.74 Å². The predicted octanol–water partition coefficient (Wildman–Crippen LogP) is 1.97. The number of ether oxygens (including phenoxy) is 1. The number of carbonyl (C=O) groups is 1. The monoisotopic (exact) mass is 363 g/mol. The molecule has 0 aliphatic carbocycles. The third-order valence-corrected chi connectivity index (χ3v) is 5.11. The third-order valence-electron chi connectivity index (χ3n) is 5.11. The van der Waals surface area contributed by atoms with Crippen LogP contribution in [-0.2, 0) is 16.1 Å². The molecule has 0 unspecified atom stereocenters. The van der Waals surface area contributed by atoms with E-state index in [9.17, 15) is 9.18 Å². The van der Waals surface area contributed by atoms with Crippen molar-refractivity contribution in [2.75, 3.05) is 45.8 Å². The second kappa shape index (κ2) is 8.93. The lowest BCUT2D eigenvalue weighted by Crippen LogP contribution is -2.50. The summed E-state index contributed by atoms with van der Waals surface area (Å²) in [5.41, 5.74) is 1.11. The van der Waals surface area contributed by atoms with Gasteiger partial charge in [0.2, 0.25) is 5.91 Å². The van der Waals surface area contributed by atoms with Crippen LogP contribution < -0.4 is 0 Å². The smallest absolute Gasteiger partial charge is 0.236 e. The summed E-state index contributed by atoms with van der Waals surface area (Å²) in [7, 11) is 0. The average molecular weight is 363 g/mol. The van der Waals surface area contributed by atoms with Gasteiger partial charge in [-0.1, -0.05) is 12.1 Å². The van der Waals surface area contributed by atoms with Crippen LogP contribution in [0.25, 0.3) is 0 Å². The zero-order chi connectivity index (χ0) is 18.5. The molecule has 3 rings (SSSR count). The first-order valence-corrected chi connectivity index (χ1v) is 9.62. The van der Waals surface area contributed by atoms with Crippen molar-refractivity contribution in [1.82, 2.24) is 14.7 Å². The summed E-state index contributed by atoms with van der Waals surface area (Å²) in [6.07, 6.45) is 1.34. The van der Waals surface area contributed by atoms with E-state index in [2.05, 4.69) is 23.6 Å². The van der Waals surface area contributed by atoms with Crippen molar-refractivity contribution in [1.29, 1.82) is 0 Å². The zero-order valence-corrected chi connectivity index (χ0v) is 15.9.